The van der Waals surface area contributed by atoms with Gasteiger partial charge in [-0.25, -0.2) is 4.39 Å². The van der Waals surface area contributed by atoms with Crippen molar-refractivity contribution in [3.63, 3.8) is 0 Å². The molecule has 1 aliphatic heterocycles. The Hall–Kier alpha value is -1.83. The van der Waals surface area contributed by atoms with Gasteiger partial charge in [-0.05, 0) is 29.7 Å². The lowest BCUT2D eigenvalue weighted by molar-refractivity contribution is 0.260. The summed E-state index contributed by atoms with van der Waals surface area (Å²) in [6, 6.07) is 14.9. The zero-order valence-electron chi connectivity index (χ0n) is 9.40. The molecule has 0 radical (unpaired) electrons. The maximum atomic E-state index is 13.7. The average Bonchev–Trinajstić information content (AvgIpc) is 2.39. The van der Waals surface area contributed by atoms with Crippen LogP contribution in [0.2, 0.25) is 0 Å². The molecule has 0 bridgehead atoms. The SMILES string of the molecule is Fc1ccccc1C1COc2ccccc2C1. The number of benzene rings is 2. The molecule has 0 aromatic heterocycles. The van der Waals surface area contributed by atoms with Crippen LogP contribution in [-0.2, 0) is 6.42 Å². The van der Waals surface area contributed by atoms with Gasteiger partial charge in [0, 0.05) is 5.92 Å². The highest BCUT2D eigenvalue weighted by atomic mass is 19.1. The molecule has 1 unspecified atom stereocenters. The highest BCUT2D eigenvalue weighted by Gasteiger charge is 2.22. The lowest BCUT2D eigenvalue weighted by atomic mass is 9.90. The van der Waals surface area contributed by atoms with E-state index in [-0.39, 0.29) is 11.7 Å². The molecule has 0 saturated heterocycles. The first-order chi connectivity index (χ1) is 8.34. The molecule has 0 fully saturated rings. The number of para-hydroxylation sites is 1. The second-order valence-corrected chi connectivity index (χ2v) is 4.34. The molecule has 2 aromatic carbocycles. The molecule has 86 valence electrons. The molecule has 2 aromatic rings. The quantitative estimate of drug-likeness (QED) is 0.725. The minimum absolute atomic E-state index is 0.117. The normalized spacial score (nSPS) is 18.3. The Morgan fingerprint density at radius 3 is 2.65 bits per heavy atom. The zero-order chi connectivity index (χ0) is 11.7. The van der Waals surface area contributed by atoms with E-state index in [1.54, 1.807) is 6.07 Å². The monoisotopic (exact) mass is 228 g/mol. The Kier molecular flexibility index (Phi) is 2.56. The van der Waals surface area contributed by atoms with Crippen LogP contribution >= 0.6 is 0 Å². The van der Waals surface area contributed by atoms with Crippen molar-refractivity contribution >= 4 is 0 Å². The van der Waals surface area contributed by atoms with Crippen molar-refractivity contribution in [2.24, 2.45) is 0 Å². The van der Waals surface area contributed by atoms with Gasteiger partial charge in [-0.15, -0.1) is 0 Å². The van der Waals surface area contributed by atoms with E-state index in [0.29, 0.717) is 6.61 Å². The van der Waals surface area contributed by atoms with Crippen LogP contribution in [0, 0.1) is 5.82 Å². The van der Waals surface area contributed by atoms with E-state index < -0.39 is 0 Å². The number of fused-ring (bicyclic) bond motifs is 1. The lowest BCUT2D eigenvalue weighted by Gasteiger charge is -2.25. The Bertz CT molecular complexity index is 536. The number of halogens is 1. The summed E-state index contributed by atoms with van der Waals surface area (Å²) in [5.41, 5.74) is 1.91. The Morgan fingerprint density at radius 2 is 1.76 bits per heavy atom. The third-order valence-electron chi connectivity index (χ3n) is 3.22. The summed E-state index contributed by atoms with van der Waals surface area (Å²) in [5, 5.41) is 0. The number of hydrogen-bond acceptors (Lipinski definition) is 1. The minimum atomic E-state index is -0.138. The first-order valence-electron chi connectivity index (χ1n) is 5.80. The number of ether oxygens (including phenoxy) is 1. The first-order valence-corrected chi connectivity index (χ1v) is 5.80. The van der Waals surface area contributed by atoms with Gasteiger partial charge in [0.2, 0.25) is 0 Å². The second kappa shape index (κ2) is 4.21. The lowest BCUT2D eigenvalue weighted by Crippen LogP contribution is -2.19. The van der Waals surface area contributed by atoms with Gasteiger partial charge in [0.05, 0.1) is 6.61 Å². The molecule has 1 aliphatic rings. The summed E-state index contributed by atoms with van der Waals surface area (Å²) < 4.78 is 19.4. The van der Waals surface area contributed by atoms with Crippen molar-refractivity contribution < 1.29 is 9.13 Å². The highest BCUT2D eigenvalue weighted by Crippen LogP contribution is 2.32. The molecule has 2 heteroatoms. The van der Waals surface area contributed by atoms with Gasteiger partial charge >= 0.3 is 0 Å². The van der Waals surface area contributed by atoms with Crippen LogP contribution in [0.15, 0.2) is 48.5 Å². The van der Waals surface area contributed by atoms with E-state index >= 15 is 0 Å². The van der Waals surface area contributed by atoms with E-state index in [1.807, 2.05) is 36.4 Å². The fraction of sp³-hybridized carbons (Fsp3) is 0.200. The standard InChI is InChI=1S/C15H13FO/c16-14-7-3-2-6-13(14)12-9-11-5-1-4-8-15(11)17-10-12/h1-8,12H,9-10H2. The smallest absolute Gasteiger partial charge is 0.126 e. The van der Waals surface area contributed by atoms with E-state index in [4.69, 9.17) is 4.74 Å². The van der Waals surface area contributed by atoms with Gasteiger partial charge in [0.1, 0.15) is 11.6 Å². The molecule has 0 aliphatic carbocycles. The van der Waals surface area contributed by atoms with Gasteiger partial charge in [0.25, 0.3) is 0 Å². The van der Waals surface area contributed by atoms with E-state index in [9.17, 15) is 4.39 Å². The molecule has 1 heterocycles. The molecule has 1 nitrogen and oxygen atoms in total. The predicted octanol–water partition coefficient (Wildman–Crippen LogP) is 3.54. The third-order valence-corrected chi connectivity index (χ3v) is 3.22. The predicted molar refractivity (Wildman–Crippen MR) is 64.8 cm³/mol. The summed E-state index contributed by atoms with van der Waals surface area (Å²) in [7, 11) is 0. The fourth-order valence-corrected chi connectivity index (χ4v) is 2.33. The fourth-order valence-electron chi connectivity index (χ4n) is 2.33. The topological polar surface area (TPSA) is 9.23 Å². The van der Waals surface area contributed by atoms with Crippen molar-refractivity contribution in [3.05, 3.63) is 65.5 Å². The van der Waals surface area contributed by atoms with Gasteiger partial charge in [-0.2, -0.15) is 0 Å². The van der Waals surface area contributed by atoms with Crippen molar-refractivity contribution in [3.8, 4) is 5.75 Å². The van der Waals surface area contributed by atoms with Crippen LogP contribution in [-0.4, -0.2) is 6.61 Å². The summed E-state index contributed by atoms with van der Waals surface area (Å²) in [4.78, 5) is 0. The molecule has 0 saturated carbocycles. The van der Waals surface area contributed by atoms with Gasteiger partial charge in [-0.1, -0.05) is 36.4 Å². The molecule has 17 heavy (non-hydrogen) atoms. The molecule has 0 amide bonds. The van der Waals surface area contributed by atoms with Crippen LogP contribution < -0.4 is 4.74 Å². The van der Waals surface area contributed by atoms with Crippen LogP contribution in [0.3, 0.4) is 0 Å². The molecule has 1 atom stereocenters. The Labute approximate surface area is 99.9 Å². The van der Waals surface area contributed by atoms with E-state index in [0.717, 1.165) is 23.3 Å². The number of hydrogen-bond donors (Lipinski definition) is 0. The van der Waals surface area contributed by atoms with Crippen molar-refractivity contribution in [1.29, 1.82) is 0 Å². The van der Waals surface area contributed by atoms with Gasteiger partial charge in [0.15, 0.2) is 0 Å². The summed E-state index contributed by atoms with van der Waals surface area (Å²) >= 11 is 0. The van der Waals surface area contributed by atoms with Crippen LogP contribution in [0.25, 0.3) is 0 Å². The maximum absolute atomic E-state index is 13.7. The largest absolute Gasteiger partial charge is 0.493 e. The maximum Gasteiger partial charge on any atom is 0.126 e. The van der Waals surface area contributed by atoms with Crippen molar-refractivity contribution in [2.75, 3.05) is 6.61 Å². The minimum Gasteiger partial charge on any atom is -0.493 e. The van der Waals surface area contributed by atoms with Crippen LogP contribution in [0.4, 0.5) is 4.39 Å². The second-order valence-electron chi connectivity index (χ2n) is 4.34. The van der Waals surface area contributed by atoms with Crippen molar-refractivity contribution in [1.82, 2.24) is 0 Å². The first kappa shape index (κ1) is 10.3. The molecule has 0 spiro atoms. The van der Waals surface area contributed by atoms with E-state index in [2.05, 4.69) is 0 Å². The van der Waals surface area contributed by atoms with Gasteiger partial charge in [-0.3, -0.25) is 0 Å². The summed E-state index contributed by atoms with van der Waals surface area (Å²) in [6.07, 6.45) is 0.844. The van der Waals surface area contributed by atoms with Crippen LogP contribution in [0.5, 0.6) is 5.75 Å². The summed E-state index contributed by atoms with van der Waals surface area (Å²) in [6.45, 7) is 0.554. The third kappa shape index (κ3) is 1.91. The molecule has 3 rings (SSSR count). The molecule has 0 N–H and O–H groups in total. The Morgan fingerprint density at radius 1 is 1.00 bits per heavy atom. The van der Waals surface area contributed by atoms with E-state index in [1.165, 1.54) is 6.07 Å². The van der Waals surface area contributed by atoms with Crippen LogP contribution in [0.1, 0.15) is 17.0 Å². The molecular weight excluding hydrogens is 215 g/mol. The zero-order valence-corrected chi connectivity index (χ0v) is 9.40. The van der Waals surface area contributed by atoms with Gasteiger partial charge < -0.3 is 4.74 Å². The Balaban J connectivity index is 1.92. The summed E-state index contributed by atoms with van der Waals surface area (Å²) in [5.74, 6) is 0.909. The molecular formula is C15H13FO. The highest BCUT2D eigenvalue weighted by molar-refractivity contribution is 5.38. The number of rotatable bonds is 1. The van der Waals surface area contributed by atoms with Crippen molar-refractivity contribution in [2.45, 2.75) is 12.3 Å². The average molecular weight is 228 g/mol.